The number of benzene rings is 2. The van der Waals surface area contributed by atoms with Gasteiger partial charge in [0.05, 0.1) is 16.6 Å². The van der Waals surface area contributed by atoms with Crippen molar-refractivity contribution in [2.45, 2.75) is 6.18 Å². The zero-order valence-corrected chi connectivity index (χ0v) is 10.3. The van der Waals surface area contributed by atoms with Crippen molar-refractivity contribution in [3.8, 4) is 11.4 Å². The van der Waals surface area contributed by atoms with Gasteiger partial charge in [-0.25, -0.2) is 13.8 Å². The van der Waals surface area contributed by atoms with Crippen LogP contribution in [0.15, 0.2) is 36.4 Å². The molecule has 0 saturated heterocycles. The van der Waals surface area contributed by atoms with E-state index in [1.807, 2.05) is 0 Å². The summed E-state index contributed by atoms with van der Waals surface area (Å²) in [5.41, 5.74) is -0.278. The average Bonchev–Trinajstić information content (AvgIpc) is 2.79. The molecule has 0 bridgehead atoms. The van der Waals surface area contributed by atoms with Crippen molar-refractivity contribution in [2.75, 3.05) is 0 Å². The van der Waals surface area contributed by atoms with E-state index < -0.39 is 23.4 Å². The Labute approximate surface area is 115 Å². The summed E-state index contributed by atoms with van der Waals surface area (Å²) in [5, 5.41) is 0. The summed E-state index contributed by atoms with van der Waals surface area (Å²) in [7, 11) is 0. The molecule has 0 amide bonds. The molecule has 3 rings (SSSR count). The molecule has 108 valence electrons. The van der Waals surface area contributed by atoms with Gasteiger partial charge in [-0.3, -0.25) is 0 Å². The fourth-order valence-electron chi connectivity index (χ4n) is 2.01. The van der Waals surface area contributed by atoms with E-state index in [1.54, 1.807) is 0 Å². The molecule has 0 aliphatic heterocycles. The van der Waals surface area contributed by atoms with E-state index in [9.17, 15) is 22.0 Å². The minimum absolute atomic E-state index is 0.0997. The number of hydrogen-bond donors (Lipinski definition) is 1. The summed E-state index contributed by atoms with van der Waals surface area (Å²) in [4.78, 5) is 6.67. The summed E-state index contributed by atoms with van der Waals surface area (Å²) < 4.78 is 64.2. The maximum Gasteiger partial charge on any atom is 0.416 e. The summed E-state index contributed by atoms with van der Waals surface area (Å²) in [6.45, 7) is 0. The Kier molecular flexibility index (Phi) is 2.93. The van der Waals surface area contributed by atoms with E-state index in [0.717, 1.165) is 24.3 Å². The Morgan fingerprint density at radius 2 is 1.57 bits per heavy atom. The number of rotatable bonds is 1. The number of aromatic nitrogens is 2. The topological polar surface area (TPSA) is 28.7 Å². The molecular formula is C14H7F5N2. The molecule has 0 fully saturated rings. The van der Waals surface area contributed by atoms with Crippen LogP contribution >= 0.6 is 0 Å². The molecule has 0 spiro atoms. The van der Waals surface area contributed by atoms with Crippen molar-refractivity contribution in [3.05, 3.63) is 53.6 Å². The SMILES string of the molecule is Fc1cc(F)cc(-c2nc3ccc(C(F)(F)F)cc3[nH]2)c1. The van der Waals surface area contributed by atoms with Crippen molar-refractivity contribution in [2.24, 2.45) is 0 Å². The minimum Gasteiger partial charge on any atom is -0.338 e. The van der Waals surface area contributed by atoms with Gasteiger partial charge < -0.3 is 4.98 Å². The first kappa shape index (κ1) is 13.5. The highest BCUT2D eigenvalue weighted by Gasteiger charge is 2.30. The number of nitrogens with zero attached hydrogens (tertiary/aromatic N) is 1. The molecule has 0 atom stereocenters. The lowest BCUT2D eigenvalue weighted by atomic mass is 10.2. The maximum atomic E-state index is 13.2. The molecule has 7 heteroatoms. The van der Waals surface area contributed by atoms with Gasteiger partial charge in [-0.1, -0.05) is 0 Å². The van der Waals surface area contributed by atoms with Crippen LogP contribution in [0.2, 0.25) is 0 Å². The van der Waals surface area contributed by atoms with Crippen LogP contribution in [0.4, 0.5) is 22.0 Å². The van der Waals surface area contributed by atoms with Gasteiger partial charge >= 0.3 is 6.18 Å². The van der Waals surface area contributed by atoms with E-state index in [1.165, 1.54) is 6.07 Å². The third-order valence-electron chi connectivity index (χ3n) is 2.95. The third-order valence-corrected chi connectivity index (χ3v) is 2.95. The average molecular weight is 298 g/mol. The van der Waals surface area contributed by atoms with E-state index in [-0.39, 0.29) is 22.4 Å². The van der Waals surface area contributed by atoms with E-state index in [2.05, 4.69) is 9.97 Å². The first-order valence-corrected chi connectivity index (χ1v) is 5.86. The fraction of sp³-hybridized carbons (Fsp3) is 0.0714. The van der Waals surface area contributed by atoms with Crippen molar-refractivity contribution < 1.29 is 22.0 Å². The lowest BCUT2D eigenvalue weighted by molar-refractivity contribution is -0.137. The number of hydrogen-bond acceptors (Lipinski definition) is 1. The monoisotopic (exact) mass is 298 g/mol. The van der Waals surface area contributed by atoms with Gasteiger partial charge in [0.1, 0.15) is 17.5 Å². The van der Waals surface area contributed by atoms with Crippen LogP contribution in [-0.4, -0.2) is 9.97 Å². The highest BCUT2D eigenvalue weighted by atomic mass is 19.4. The number of alkyl halides is 3. The molecule has 0 radical (unpaired) electrons. The molecule has 1 aromatic heterocycles. The second kappa shape index (κ2) is 4.54. The van der Waals surface area contributed by atoms with Crippen LogP contribution < -0.4 is 0 Å². The number of imidazole rings is 1. The molecule has 1 N–H and O–H groups in total. The number of H-pyrrole nitrogens is 1. The summed E-state index contributed by atoms with van der Waals surface area (Å²) in [6, 6.07) is 5.80. The van der Waals surface area contributed by atoms with Crippen LogP contribution in [0.3, 0.4) is 0 Å². The lowest BCUT2D eigenvalue weighted by Crippen LogP contribution is -2.04. The lowest BCUT2D eigenvalue weighted by Gasteiger charge is -2.05. The van der Waals surface area contributed by atoms with Gasteiger partial charge in [-0.15, -0.1) is 0 Å². The predicted octanol–water partition coefficient (Wildman–Crippen LogP) is 4.53. The molecule has 2 aromatic carbocycles. The Bertz CT molecular complexity index is 800. The number of halogens is 5. The second-order valence-electron chi connectivity index (χ2n) is 4.47. The summed E-state index contributed by atoms with van der Waals surface area (Å²) >= 11 is 0. The number of nitrogens with one attached hydrogen (secondary N) is 1. The van der Waals surface area contributed by atoms with Gasteiger partial charge in [0.25, 0.3) is 0 Å². The number of aromatic amines is 1. The van der Waals surface area contributed by atoms with Gasteiger partial charge in [0.15, 0.2) is 0 Å². The molecule has 1 heterocycles. The van der Waals surface area contributed by atoms with Crippen LogP contribution in [0.1, 0.15) is 5.56 Å². The van der Waals surface area contributed by atoms with Gasteiger partial charge in [0.2, 0.25) is 0 Å². The Morgan fingerprint density at radius 3 is 2.19 bits per heavy atom. The van der Waals surface area contributed by atoms with Gasteiger partial charge in [-0.05, 0) is 30.3 Å². The Balaban J connectivity index is 2.13. The molecule has 0 unspecified atom stereocenters. The highest BCUT2D eigenvalue weighted by molar-refractivity contribution is 5.80. The first-order valence-electron chi connectivity index (χ1n) is 5.86. The molecule has 3 aromatic rings. The minimum atomic E-state index is -4.47. The van der Waals surface area contributed by atoms with E-state index in [4.69, 9.17) is 0 Å². The Morgan fingerprint density at radius 1 is 0.905 bits per heavy atom. The largest absolute Gasteiger partial charge is 0.416 e. The summed E-state index contributed by atoms with van der Waals surface area (Å²) in [5.74, 6) is -1.48. The molecule has 21 heavy (non-hydrogen) atoms. The van der Waals surface area contributed by atoms with Gasteiger partial charge in [-0.2, -0.15) is 13.2 Å². The zero-order chi connectivity index (χ0) is 15.2. The first-order chi connectivity index (χ1) is 9.83. The quantitative estimate of drug-likeness (QED) is 0.657. The third kappa shape index (κ3) is 2.58. The second-order valence-corrected chi connectivity index (χ2v) is 4.47. The van der Waals surface area contributed by atoms with E-state index in [0.29, 0.717) is 6.07 Å². The standard InChI is InChI=1S/C14H7F5N2/c15-9-3-7(4-10(16)6-9)13-20-11-2-1-8(14(17,18)19)5-12(11)21-13/h1-6H,(H,20,21). The van der Waals surface area contributed by atoms with Crippen molar-refractivity contribution in [1.29, 1.82) is 0 Å². The smallest absolute Gasteiger partial charge is 0.338 e. The predicted molar refractivity (Wildman–Crippen MR) is 66.4 cm³/mol. The van der Waals surface area contributed by atoms with Crippen molar-refractivity contribution in [3.63, 3.8) is 0 Å². The summed E-state index contributed by atoms with van der Waals surface area (Å²) in [6.07, 6.45) is -4.47. The van der Waals surface area contributed by atoms with Crippen LogP contribution in [-0.2, 0) is 6.18 Å². The van der Waals surface area contributed by atoms with Crippen LogP contribution in [0, 0.1) is 11.6 Å². The molecule has 0 saturated carbocycles. The molecule has 2 nitrogen and oxygen atoms in total. The Hall–Kier alpha value is -2.44. The normalized spacial score (nSPS) is 12.0. The molecule has 0 aliphatic rings. The van der Waals surface area contributed by atoms with Crippen LogP contribution in [0.5, 0.6) is 0 Å². The highest BCUT2D eigenvalue weighted by Crippen LogP contribution is 2.31. The fourth-order valence-corrected chi connectivity index (χ4v) is 2.01. The molecular weight excluding hydrogens is 291 g/mol. The maximum absolute atomic E-state index is 13.2. The zero-order valence-electron chi connectivity index (χ0n) is 10.3. The van der Waals surface area contributed by atoms with Crippen molar-refractivity contribution in [1.82, 2.24) is 9.97 Å². The molecule has 0 aliphatic carbocycles. The van der Waals surface area contributed by atoms with Crippen molar-refractivity contribution >= 4 is 11.0 Å². The number of fused-ring (bicyclic) bond motifs is 1. The van der Waals surface area contributed by atoms with Gasteiger partial charge in [0, 0.05) is 11.6 Å². The van der Waals surface area contributed by atoms with E-state index >= 15 is 0 Å². The van der Waals surface area contributed by atoms with Crippen LogP contribution in [0.25, 0.3) is 22.4 Å².